The molecule has 0 bridgehead atoms. The van der Waals surface area contributed by atoms with Crippen LogP contribution in [0.15, 0.2) is 46.9 Å². The van der Waals surface area contributed by atoms with Crippen molar-refractivity contribution in [1.29, 1.82) is 0 Å². The normalized spacial score (nSPS) is 12.2. The predicted molar refractivity (Wildman–Crippen MR) is 80.8 cm³/mol. The van der Waals surface area contributed by atoms with Crippen molar-refractivity contribution in [3.05, 3.63) is 63.1 Å². The van der Waals surface area contributed by atoms with Gasteiger partial charge in [-0.3, -0.25) is 0 Å². The number of rotatable bonds is 4. The highest BCUT2D eigenvalue weighted by atomic mass is 79.9. The number of benzene rings is 2. The summed E-state index contributed by atoms with van der Waals surface area (Å²) in [4.78, 5) is 0. The number of para-hydroxylation sites is 1. The molecule has 1 atom stereocenters. The largest absolute Gasteiger partial charge is 0.496 e. The van der Waals surface area contributed by atoms with E-state index in [0.29, 0.717) is 11.4 Å². The molecule has 4 heteroatoms. The van der Waals surface area contributed by atoms with Gasteiger partial charge in [0.15, 0.2) is 0 Å². The van der Waals surface area contributed by atoms with Crippen LogP contribution in [0.3, 0.4) is 0 Å². The van der Waals surface area contributed by atoms with Gasteiger partial charge >= 0.3 is 0 Å². The van der Waals surface area contributed by atoms with E-state index < -0.39 is 6.10 Å². The smallest absolute Gasteiger partial charge is 0.122 e. The molecule has 0 aliphatic carbocycles. The number of halogens is 2. The van der Waals surface area contributed by atoms with E-state index in [9.17, 15) is 5.11 Å². The first kappa shape index (κ1) is 14.4. The number of hydrogen-bond donors (Lipinski definition) is 1. The molecule has 0 aliphatic rings. The van der Waals surface area contributed by atoms with Crippen molar-refractivity contribution in [3.63, 3.8) is 0 Å². The van der Waals surface area contributed by atoms with Gasteiger partial charge in [-0.2, -0.15) is 0 Å². The summed E-state index contributed by atoms with van der Waals surface area (Å²) in [6, 6.07) is 13.1. The third kappa shape index (κ3) is 3.50. The van der Waals surface area contributed by atoms with Crippen molar-refractivity contribution in [3.8, 4) is 5.75 Å². The van der Waals surface area contributed by atoms with Gasteiger partial charge in [0, 0.05) is 15.9 Å². The van der Waals surface area contributed by atoms with Crippen LogP contribution >= 0.6 is 27.5 Å². The summed E-state index contributed by atoms with van der Waals surface area (Å²) < 4.78 is 6.10. The van der Waals surface area contributed by atoms with Crippen LogP contribution in [0.25, 0.3) is 0 Å². The Bertz CT molecular complexity index is 572. The molecule has 0 aromatic heterocycles. The molecule has 0 radical (unpaired) electrons. The molecule has 2 rings (SSSR count). The first-order valence-corrected chi connectivity index (χ1v) is 7.04. The van der Waals surface area contributed by atoms with Gasteiger partial charge in [-0.1, -0.05) is 51.8 Å². The Morgan fingerprint density at radius 2 is 2.00 bits per heavy atom. The molecule has 0 heterocycles. The zero-order valence-corrected chi connectivity index (χ0v) is 12.8. The lowest BCUT2D eigenvalue weighted by Crippen LogP contribution is -2.04. The molecule has 100 valence electrons. The maximum absolute atomic E-state index is 10.3. The summed E-state index contributed by atoms with van der Waals surface area (Å²) in [6.45, 7) is 0. The number of aliphatic hydroxyl groups excluding tert-OH is 1. The Labute approximate surface area is 126 Å². The maximum atomic E-state index is 10.3. The highest BCUT2D eigenvalue weighted by Gasteiger charge is 2.14. The van der Waals surface area contributed by atoms with E-state index in [0.717, 1.165) is 21.3 Å². The average molecular weight is 342 g/mol. The van der Waals surface area contributed by atoms with Gasteiger partial charge < -0.3 is 9.84 Å². The molecule has 2 aromatic rings. The molecular weight excluding hydrogens is 328 g/mol. The zero-order chi connectivity index (χ0) is 13.8. The van der Waals surface area contributed by atoms with Gasteiger partial charge in [-0.05, 0) is 29.3 Å². The quantitative estimate of drug-likeness (QED) is 0.894. The molecule has 0 saturated heterocycles. The number of hydrogen-bond acceptors (Lipinski definition) is 2. The second-order valence-electron chi connectivity index (χ2n) is 4.20. The lowest BCUT2D eigenvalue weighted by Gasteiger charge is -2.15. The van der Waals surface area contributed by atoms with Crippen LogP contribution in [0.2, 0.25) is 5.02 Å². The van der Waals surface area contributed by atoms with E-state index in [-0.39, 0.29) is 0 Å². The second-order valence-corrected chi connectivity index (χ2v) is 5.49. The third-order valence-corrected chi connectivity index (χ3v) is 3.85. The van der Waals surface area contributed by atoms with Gasteiger partial charge in [0.1, 0.15) is 5.75 Å². The maximum Gasteiger partial charge on any atom is 0.122 e. The monoisotopic (exact) mass is 340 g/mol. The van der Waals surface area contributed by atoms with Gasteiger partial charge in [-0.15, -0.1) is 0 Å². The minimum atomic E-state index is -0.608. The van der Waals surface area contributed by atoms with E-state index >= 15 is 0 Å². The summed E-state index contributed by atoms with van der Waals surface area (Å²) in [6.07, 6.45) is -0.118. The van der Waals surface area contributed by atoms with Crippen LogP contribution in [0.1, 0.15) is 17.2 Å². The van der Waals surface area contributed by atoms with Crippen LogP contribution in [0.5, 0.6) is 5.75 Å². The summed E-state index contributed by atoms with van der Waals surface area (Å²) in [5.74, 6) is 0.784. The summed E-state index contributed by atoms with van der Waals surface area (Å²) in [5.41, 5.74) is 1.79. The Balaban J connectivity index is 2.23. The minimum Gasteiger partial charge on any atom is -0.496 e. The SMILES string of the molecule is COc1ccccc1CC(O)c1ccc(Cl)cc1Br. The van der Waals surface area contributed by atoms with E-state index in [1.54, 1.807) is 19.2 Å². The zero-order valence-electron chi connectivity index (χ0n) is 10.4. The van der Waals surface area contributed by atoms with E-state index in [4.69, 9.17) is 16.3 Å². The second kappa shape index (κ2) is 6.42. The fourth-order valence-electron chi connectivity index (χ4n) is 1.96. The summed E-state index contributed by atoms with van der Waals surface area (Å²) >= 11 is 9.32. The minimum absolute atomic E-state index is 0.490. The Morgan fingerprint density at radius 1 is 1.26 bits per heavy atom. The number of methoxy groups -OCH3 is 1. The lowest BCUT2D eigenvalue weighted by atomic mass is 10.0. The molecule has 0 amide bonds. The third-order valence-electron chi connectivity index (χ3n) is 2.93. The van der Waals surface area contributed by atoms with Crippen molar-refractivity contribution < 1.29 is 9.84 Å². The van der Waals surface area contributed by atoms with Crippen molar-refractivity contribution in [2.24, 2.45) is 0 Å². The number of aliphatic hydroxyl groups is 1. The van der Waals surface area contributed by atoms with Crippen LogP contribution in [-0.2, 0) is 6.42 Å². The van der Waals surface area contributed by atoms with Gasteiger partial charge in [0.2, 0.25) is 0 Å². The topological polar surface area (TPSA) is 29.5 Å². The van der Waals surface area contributed by atoms with Crippen LogP contribution < -0.4 is 4.74 Å². The molecule has 0 aliphatic heterocycles. The molecule has 1 N–H and O–H groups in total. The van der Waals surface area contributed by atoms with E-state index in [1.807, 2.05) is 30.3 Å². The van der Waals surface area contributed by atoms with Crippen molar-refractivity contribution in [1.82, 2.24) is 0 Å². The number of ether oxygens (including phenoxy) is 1. The molecule has 19 heavy (non-hydrogen) atoms. The standard InChI is InChI=1S/C15H14BrClO2/c1-19-15-5-3-2-4-10(15)8-14(18)12-7-6-11(17)9-13(12)16/h2-7,9,14,18H,8H2,1H3. The van der Waals surface area contributed by atoms with Crippen molar-refractivity contribution >= 4 is 27.5 Å². The fourth-order valence-corrected chi connectivity index (χ4v) is 2.91. The van der Waals surface area contributed by atoms with Crippen molar-refractivity contribution in [2.75, 3.05) is 7.11 Å². The highest BCUT2D eigenvalue weighted by molar-refractivity contribution is 9.10. The Hall–Kier alpha value is -1.03. The van der Waals surface area contributed by atoms with Crippen LogP contribution in [0, 0.1) is 0 Å². The molecule has 2 nitrogen and oxygen atoms in total. The fraction of sp³-hybridized carbons (Fsp3) is 0.200. The summed E-state index contributed by atoms with van der Waals surface area (Å²) in [7, 11) is 1.63. The molecule has 0 fully saturated rings. The van der Waals surface area contributed by atoms with E-state index in [1.165, 1.54) is 0 Å². The Kier molecular flexibility index (Phi) is 4.86. The van der Waals surface area contributed by atoms with Crippen molar-refractivity contribution in [2.45, 2.75) is 12.5 Å². The lowest BCUT2D eigenvalue weighted by molar-refractivity contribution is 0.176. The predicted octanol–water partition coefficient (Wildman–Crippen LogP) is 4.39. The van der Waals surface area contributed by atoms with Gasteiger partial charge in [-0.25, -0.2) is 0 Å². The van der Waals surface area contributed by atoms with Crippen LogP contribution in [-0.4, -0.2) is 12.2 Å². The molecule has 0 spiro atoms. The first-order valence-electron chi connectivity index (χ1n) is 5.86. The van der Waals surface area contributed by atoms with E-state index in [2.05, 4.69) is 15.9 Å². The molecule has 2 aromatic carbocycles. The van der Waals surface area contributed by atoms with Crippen LogP contribution in [0.4, 0.5) is 0 Å². The summed E-state index contributed by atoms with van der Waals surface area (Å²) in [5, 5.41) is 11.0. The highest BCUT2D eigenvalue weighted by Crippen LogP contribution is 2.30. The molecule has 0 saturated carbocycles. The first-order chi connectivity index (χ1) is 9.11. The Morgan fingerprint density at radius 3 is 2.68 bits per heavy atom. The van der Waals surface area contributed by atoms with Gasteiger partial charge in [0.05, 0.1) is 13.2 Å². The molecule has 1 unspecified atom stereocenters. The van der Waals surface area contributed by atoms with Gasteiger partial charge in [0.25, 0.3) is 0 Å². The molecular formula is C15H14BrClO2. The average Bonchev–Trinajstić information content (AvgIpc) is 2.39.